The number of aliphatic hydroxyl groups excluding tert-OH is 1. The van der Waals surface area contributed by atoms with Gasteiger partial charge in [-0.2, -0.15) is 15.0 Å². The number of aryl methyl sites for hydroxylation is 1. The molecule has 1 aromatic carbocycles. The summed E-state index contributed by atoms with van der Waals surface area (Å²) in [4.78, 5) is 18.9. The molecular weight excluding hydrogens is 428 g/mol. The first kappa shape index (κ1) is 22.2. The molecule has 10 nitrogen and oxygen atoms in total. The molecule has 0 bridgehead atoms. The highest BCUT2D eigenvalue weighted by atomic mass is 32.2. The van der Waals surface area contributed by atoms with Gasteiger partial charge >= 0.3 is 0 Å². The molecule has 0 atom stereocenters. The minimum atomic E-state index is 0.175. The van der Waals surface area contributed by atoms with Gasteiger partial charge in [-0.05, 0) is 43.5 Å². The zero-order valence-corrected chi connectivity index (χ0v) is 18.9. The summed E-state index contributed by atoms with van der Waals surface area (Å²) < 4.78 is 5.75. The van der Waals surface area contributed by atoms with Crippen molar-refractivity contribution in [2.24, 2.45) is 0 Å². The summed E-state index contributed by atoms with van der Waals surface area (Å²) in [5, 5.41) is 20.5. The zero-order valence-electron chi connectivity index (χ0n) is 18.1. The van der Waals surface area contributed by atoms with E-state index in [0.29, 0.717) is 41.7 Å². The summed E-state index contributed by atoms with van der Waals surface area (Å²) in [6.07, 6.45) is 2.03. The monoisotopic (exact) mass is 454 g/mol. The maximum Gasteiger partial charge on any atom is 0.238 e. The van der Waals surface area contributed by atoms with Crippen LogP contribution in [0.5, 0.6) is 11.6 Å². The molecule has 3 heterocycles. The highest BCUT2D eigenvalue weighted by molar-refractivity contribution is 7.98. The lowest BCUT2D eigenvalue weighted by Crippen LogP contribution is -2.47. The Kier molecular flexibility index (Phi) is 7.30. The second kappa shape index (κ2) is 10.5. The van der Waals surface area contributed by atoms with Crippen molar-refractivity contribution in [2.45, 2.75) is 11.8 Å². The SMILES string of the molecule is CSc1ccc(Oc2ccc(Nc3nc(C)nc(N4CCN(CCO)CC4)n3)nn2)cc1. The lowest BCUT2D eigenvalue weighted by atomic mass is 10.3. The predicted octanol–water partition coefficient (Wildman–Crippen LogP) is 2.34. The molecule has 1 aliphatic rings. The normalized spacial score (nSPS) is 14.4. The summed E-state index contributed by atoms with van der Waals surface area (Å²) >= 11 is 1.68. The molecule has 3 aromatic rings. The molecule has 0 saturated carbocycles. The summed E-state index contributed by atoms with van der Waals surface area (Å²) in [5.74, 6) is 3.29. The smallest absolute Gasteiger partial charge is 0.238 e. The van der Waals surface area contributed by atoms with E-state index in [2.05, 4.69) is 40.3 Å². The third-order valence-electron chi connectivity index (χ3n) is 4.97. The van der Waals surface area contributed by atoms with Gasteiger partial charge in [0.2, 0.25) is 17.8 Å². The molecular formula is C21H26N8O2S. The Morgan fingerprint density at radius 2 is 1.78 bits per heavy atom. The molecule has 0 radical (unpaired) electrons. The molecule has 1 aliphatic heterocycles. The summed E-state index contributed by atoms with van der Waals surface area (Å²) in [7, 11) is 0. The third kappa shape index (κ3) is 5.81. The van der Waals surface area contributed by atoms with Gasteiger partial charge in [0.15, 0.2) is 5.82 Å². The van der Waals surface area contributed by atoms with Gasteiger partial charge < -0.3 is 20.1 Å². The van der Waals surface area contributed by atoms with Crippen LogP contribution in [0.25, 0.3) is 0 Å². The molecule has 1 saturated heterocycles. The highest BCUT2D eigenvalue weighted by Crippen LogP contribution is 2.23. The number of aromatic nitrogens is 5. The molecule has 4 rings (SSSR count). The fourth-order valence-corrected chi connectivity index (χ4v) is 3.71. The quantitative estimate of drug-likeness (QED) is 0.489. The first-order valence-corrected chi connectivity index (χ1v) is 11.6. The maximum absolute atomic E-state index is 9.11. The minimum Gasteiger partial charge on any atom is -0.438 e. The van der Waals surface area contributed by atoms with E-state index >= 15 is 0 Å². The fraction of sp³-hybridized carbons (Fsp3) is 0.381. The van der Waals surface area contributed by atoms with E-state index in [9.17, 15) is 0 Å². The van der Waals surface area contributed by atoms with Crippen molar-refractivity contribution < 1.29 is 9.84 Å². The van der Waals surface area contributed by atoms with Crippen molar-refractivity contribution in [3.8, 4) is 11.6 Å². The molecule has 0 unspecified atom stereocenters. The van der Waals surface area contributed by atoms with Crippen LogP contribution < -0.4 is 15.0 Å². The standard InChI is InChI=1S/C21H26N8O2S/c1-15-22-20(25-21(23-15)29-11-9-28(10-12-29)13-14-30)24-18-7-8-19(27-26-18)31-16-3-5-17(32-2)6-4-16/h3-8,30H,9-14H2,1-2H3,(H,22,23,24,25,26). The first-order valence-electron chi connectivity index (χ1n) is 10.4. The van der Waals surface area contributed by atoms with Gasteiger partial charge in [0.25, 0.3) is 0 Å². The number of anilines is 3. The number of rotatable bonds is 8. The molecule has 0 aliphatic carbocycles. The maximum atomic E-state index is 9.11. The van der Waals surface area contributed by atoms with Crippen LogP contribution in [0.15, 0.2) is 41.3 Å². The van der Waals surface area contributed by atoms with E-state index in [1.807, 2.05) is 37.4 Å². The van der Waals surface area contributed by atoms with Crippen molar-refractivity contribution in [1.29, 1.82) is 0 Å². The van der Waals surface area contributed by atoms with E-state index < -0.39 is 0 Å². The molecule has 168 valence electrons. The van der Waals surface area contributed by atoms with Gasteiger partial charge in [0.05, 0.1) is 6.61 Å². The third-order valence-corrected chi connectivity index (χ3v) is 5.71. The molecule has 32 heavy (non-hydrogen) atoms. The number of thioether (sulfide) groups is 1. The molecule has 2 aromatic heterocycles. The summed E-state index contributed by atoms with van der Waals surface area (Å²) in [6.45, 7) is 6.02. The van der Waals surface area contributed by atoms with Crippen LogP contribution >= 0.6 is 11.8 Å². The number of hydrogen-bond donors (Lipinski definition) is 2. The van der Waals surface area contributed by atoms with Gasteiger partial charge in [0.1, 0.15) is 11.6 Å². The predicted molar refractivity (Wildman–Crippen MR) is 124 cm³/mol. The highest BCUT2D eigenvalue weighted by Gasteiger charge is 2.19. The Morgan fingerprint density at radius 1 is 1.00 bits per heavy atom. The lowest BCUT2D eigenvalue weighted by Gasteiger charge is -2.34. The number of ether oxygens (including phenoxy) is 1. The fourth-order valence-electron chi connectivity index (χ4n) is 3.30. The van der Waals surface area contributed by atoms with Gasteiger partial charge in [-0.1, -0.05) is 0 Å². The van der Waals surface area contributed by atoms with Crippen molar-refractivity contribution in [3.05, 3.63) is 42.2 Å². The van der Waals surface area contributed by atoms with Crippen LogP contribution in [-0.4, -0.2) is 80.7 Å². The van der Waals surface area contributed by atoms with Crippen LogP contribution in [0.3, 0.4) is 0 Å². The van der Waals surface area contributed by atoms with E-state index in [1.54, 1.807) is 23.9 Å². The van der Waals surface area contributed by atoms with E-state index in [1.165, 1.54) is 4.90 Å². The van der Waals surface area contributed by atoms with Crippen LogP contribution in [-0.2, 0) is 0 Å². The van der Waals surface area contributed by atoms with Gasteiger partial charge in [-0.3, -0.25) is 4.90 Å². The van der Waals surface area contributed by atoms with Crippen molar-refractivity contribution in [1.82, 2.24) is 30.0 Å². The molecule has 0 amide bonds. The summed E-state index contributed by atoms with van der Waals surface area (Å²) in [5.41, 5.74) is 0. The van der Waals surface area contributed by atoms with Crippen LogP contribution in [0.1, 0.15) is 5.82 Å². The first-order chi connectivity index (χ1) is 15.6. The largest absolute Gasteiger partial charge is 0.438 e. The second-order valence-electron chi connectivity index (χ2n) is 7.22. The van der Waals surface area contributed by atoms with E-state index in [0.717, 1.165) is 26.2 Å². The van der Waals surface area contributed by atoms with Crippen LogP contribution in [0.4, 0.5) is 17.7 Å². The van der Waals surface area contributed by atoms with Crippen molar-refractivity contribution >= 4 is 29.5 Å². The van der Waals surface area contributed by atoms with Gasteiger partial charge in [0, 0.05) is 43.7 Å². The Morgan fingerprint density at radius 3 is 2.44 bits per heavy atom. The number of nitrogens with zero attached hydrogens (tertiary/aromatic N) is 7. The molecule has 11 heteroatoms. The zero-order chi connectivity index (χ0) is 22.3. The number of benzene rings is 1. The lowest BCUT2D eigenvalue weighted by molar-refractivity contribution is 0.188. The Hall–Kier alpha value is -3.02. The van der Waals surface area contributed by atoms with Crippen LogP contribution in [0.2, 0.25) is 0 Å². The Bertz CT molecular complexity index is 1010. The van der Waals surface area contributed by atoms with Gasteiger partial charge in [-0.15, -0.1) is 22.0 Å². The average molecular weight is 455 g/mol. The van der Waals surface area contributed by atoms with E-state index in [4.69, 9.17) is 9.84 Å². The number of hydrogen-bond acceptors (Lipinski definition) is 11. The van der Waals surface area contributed by atoms with Crippen molar-refractivity contribution in [3.63, 3.8) is 0 Å². The van der Waals surface area contributed by atoms with Gasteiger partial charge in [-0.25, -0.2) is 0 Å². The molecule has 2 N–H and O–H groups in total. The van der Waals surface area contributed by atoms with Crippen molar-refractivity contribution in [2.75, 3.05) is 55.8 Å². The number of aliphatic hydroxyl groups is 1. The number of nitrogens with one attached hydrogen (secondary N) is 1. The molecule has 0 spiro atoms. The van der Waals surface area contributed by atoms with Crippen LogP contribution in [0, 0.1) is 6.92 Å². The van der Waals surface area contributed by atoms with E-state index in [-0.39, 0.29) is 6.61 Å². The average Bonchev–Trinajstić information content (AvgIpc) is 2.81. The Labute approximate surface area is 191 Å². The number of piperazine rings is 1. The topological polar surface area (TPSA) is 112 Å². The summed E-state index contributed by atoms with van der Waals surface area (Å²) in [6, 6.07) is 11.3. The second-order valence-corrected chi connectivity index (χ2v) is 8.10. The number of β-amino-alcohol motifs (C(OH)–C–C–N with tert-alkyl or cyclic N) is 1. The molecule has 1 fully saturated rings. The Balaban J connectivity index is 1.39. The minimum absolute atomic E-state index is 0.175.